The summed E-state index contributed by atoms with van der Waals surface area (Å²) >= 11 is 0. The molecule has 4 aromatic heterocycles. The van der Waals surface area contributed by atoms with Gasteiger partial charge in [-0.3, -0.25) is 23.7 Å². The minimum Gasteiger partial charge on any atom is -0.333 e. The van der Waals surface area contributed by atoms with Gasteiger partial charge in [0, 0.05) is 50.5 Å². The van der Waals surface area contributed by atoms with Gasteiger partial charge in [0.25, 0.3) is 5.56 Å². The maximum atomic E-state index is 13.3. The molecular formula is C43H57N8O4P. The van der Waals surface area contributed by atoms with Crippen LogP contribution in [0.15, 0.2) is 70.4 Å². The van der Waals surface area contributed by atoms with E-state index in [2.05, 4.69) is 67.5 Å². The molecule has 0 saturated carbocycles. The summed E-state index contributed by atoms with van der Waals surface area (Å²) in [6.07, 6.45) is 4.15. The second-order valence-electron chi connectivity index (χ2n) is 13.4. The van der Waals surface area contributed by atoms with Gasteiger partial charge in [0.2, 0.25) is 0 Å². The summed E-state index contributed by atoms with van der Waals surface area (Å²) in [5, 5.41) is 8.75. The zero-order valence-corrected chi connectivity index (χ0v) is 34.8. The van der Waals surface area contributed by atoms with E-state index in [1.807, 2.05) is 50.0 Å². The number of nitriles is 1. The molecule has 0 saturated heterocycles. The van der Waals surface area contributed by atoms with Crippen molar-refractivity contribution in [3.05, 3.63) is 98.6 Å². The maximum Gasteiger partial charge on any atom is 0.331 e. The minimum atomic E-state index is -1.19. The average Bonchev–Trinajstić information content (AvgIpc) is 3.22. The first-order valence-electron chi connectivity index (χ1n) is 19.8. The predicted octanol–water partition coefficient (Wildman–Crippen LogP) is 7.10. The highest BCUT2D eigenvalue weighted by Crippen LogP contribution is 2.36. The van der Waals surface area contributed by atoms with Gasteiger partial charge < -0.3 is 9.05 Å². The Bertz CT molecular complexity index is 1980. The van der Waals surface area contributed by atoms with E-state index in [1.165, 1.54) is 21.4 Å². The number of unbranched alkanes of at least 4 members (excludes halogenated alkanes) is 2. The standard InChI is InChI=1S/C43H57N8O4P/c1-7-37(55-56(6)54-28-18-25-44)33-50-27-24-42(52)51(43(50)53)26-15-13-12-14-19-34-29-40(38-22-16-20-35(45-38)31-48(8-2)9-3)47-41(30-34)39-23-17-21-36(46-39)32-49(10-4)11-5/h16-17,20-24,27,29-30,37H,7-13,15,18,26,28,31-33H2,1-6H3. The van der Waals surface area contributed by atoms with Crippen LogP contribution in [0.25, 0.3) is 22.8 Å². The Hall–Kier alpha value is -4.55. The molecule has 0 spiro atoms. The number of pyridine rings is 3. The Morgan fingerprint density at radius 3 is 1.96 bits per heavy atom. The summed E-state index contributed by atoms with van der Waals surface area (Å²) < 4.78 is 14.4. The summed E-state index contributed by atoms with van der Waals surface area (Å²) in [7, 11) is -1.19. The van der Waals surface area contributed by atoms with Crippen molar-refractivity contribution in [2.24, 2.45) is 0 Å². The molecule has 0 aliphatic carbocycles. The molecule has 0 aromatic carbocycles. The number of aromatic nitrogens is 5. The second kappa shape index (κ2) is 23.5. The van der Waals surface area contributed by atoms with Crippen LogP contribution in [0.3, 0.4) is 0 Å². The highest BCUT2D eigenvalue weighted by Gasteiger charge is 2.16. The van der Waals surface area contributed by atoms with Crippen molar-refractivity contribution in [1.29, 1.82) is 5.26 Å². The fourth-order valence-corrected chi connectivity index (χ4v) is 7.15. The molecule has 2 unspecified atom stereocenters. The molecule has 0 bridgehead atoms. The van der Waals surface area contributed by atoms with Gasteiger partial charge in [-0.1, -0.05) is 58.6 Å². The molecule has 12 nitrogen and oxygen atoms in total. The third-order valence-corrected chi connectivity index (χ3v) is 10.6. The Morgan fingerprint density at radius 1 is 0.804 bits per heavy atom. The number of nitrogens with zero attached hydrogens (tertiary/aromatic N) is 8. The highest BCUT2D eigenvalue weighted by molar-refractivity contribution is 7.46. The van der Waals surface area contributed by atoms with Gasteiger partial charge in [-0.25, -0.2) is 19.7 Å². The van der Waals surface area contributed by atoms with Crippen LogP contribution >= 0.6 is 8.38 Å². The van der Waals surface area contributed by atoms with E-state index >= 15 is 0 Å². The van der Waals surface area contributed by atoms with Gasteiger partial charge in [0.15, 0.2) is 8.38 Å². The SMILES string of the molecule is CCC(Cn1ccc(=O)n(CCCCC#Cc2cc(-c3cccc(CN(CC)CC)n3)nc(-c3cccc(CN(CC)CC)n3)c2)c1=O)OP(C)OCCC#N. The summed E-state index contributed by atoms with van der Waals surface area (Å²) in [6.45, 7) is 18.7. The molecular weight excluding hydrogens is 723 g/mol. The van der Waals surface area contributed by atoms with Crippen molar-refractivity contribution in [1.82, 2.24) is 33.9 Å². The van der Waals surface area contributed by atoms with Crippen LogP contribution in [0.4, 0.5) is 0 Å². The van der Waals surface area contributed by atoms with Crippen LogP contribution in [-0.4, -0.2) is 79.4 Å². The van der Waals surface area contributed by atoms with Gasteiger partial charge in [-0.2, -0.15) is 5.26 Å². The first-order chi connectivity index (χ1) is 27.2. The number of rotatable bonds is 22. The summed E-state index contributed by atoms with van der Waals surface area (Å²) in [5.74, 6) is 6.66. The van der Waals surface area contributed by atoms with Crippen LogP contribution < -0.4 is 11.2 Å². The molecule has 13 heteroatoms. The number of hydrogen-bond acceptors (Lipinski definition) is 10. The maximum absolute atomic E-state index is 13.3. The fraction of sp³-hybridized carbons (Fsp3) is 0.488. The van der Waals surface area contributed by atoms with Crippen LogP contribution in [0.5, 0.6) is 0 Å². The average molecular weight is 781 g/mol. The lowest BCUT2D eigenvalue weighted by Gasteiger charge is -2.21. The van der Waals surface area contributed by atoms with Gasteiger partial charge in [-0.05, 0) is 81.8 Å². The van der Waals surface area contributed by atoms with Gasteiger partial charge in [0.1, 0.15) is 0 Å². The van der Waals surface area contributed by atoms with E-state index in [-0.39, 0.29) is 17.4 Å². The molecule has 4 heterocycles. The number of hydrogen-bond donors (Lipinski definition) is 0. The van der Waals surface area contributed by atoms with Crippen molar-refractivity contribution < 1.29 is 9.05 Å². The summed E-state index contributed by atoms with van der Waals surface area (Å²) in [6, 6.07) is 19.6. The van der Waals surface area contributed by atoms with Crippen molar-refractivity contribution in [3.63, 3.8) is 0 Å². The molecule has 56 heavy (non-hydrogen) atoms. The van der Waals surface area contributed by atoms with Crippen LogP contribution in [0, 0.1) is 23.2 Å². The Morgan fingerprint density at radius 2 is 1.41 bits per heavy atom. The van der Waals surface area contributed by atoms with Crippen LogP contribution in [0.2, 0.25) is 0 Å². The summed E-state index contributed by atoms with van der Waals surface area (Å²) in [5.41, 5.74) is 5.15. The molecule has 0 N–H and O–H groups in total. The first kappa shape index (κ1) is 44.2. The normalized spacial score (nSPS) is 12.3. The van der Waals surface area contributed by atoms with Crippen molar-refractivity contribution in [2.45, 2.75) is 99.0 Å². The van der Waals surface area contributed by atoms with Crippen molar-refractivity contribution in [3.8, 4) is 40.7 Å². The van der Waals surface area contributed by atoms with E-state index in [4.69, 9.17) is 29.3 Å². The lowest BCUT2D eigenvalue weighted by atomic mass is 10.1. The largest absolute Gasteiger partial charge is 0.333 e. The zero-order chi connectivity index (χ0) is 40.3. The van der Waals surface area contributed by atoms with E-state index < -0.39 is 8.38 Å². The topological polar surface area (TPSA) is 131 Å². The van der Waals surface area contributed by atoms with E-state index in [0.29, 0.717) is 51.8 Å². The fourth-order valence-electron chi connectivity index (χ4n) is 6.10. The molecule has 0 fully saturated rings. The van der Waals surface area contributed by atoms with Crippen molar-refractivity contribution >= 4 is 8.38 Å². The van der Waals surface area contributed by atoms with E-state index in [0.717, 1.165) is 79.0 Å². The minimum absolute atomic E-state index is 0.263. The molecule has 4 rings (SSSR count). The molecule has 0 radical (unpaired) electrons. The van der Waals surface area contributed by atoms with Crippen molar-refractivity contribution in [2.75, 3.05) is 39.5 Å². The molecule has 298 valence electrons. The highest BCUT2D eigenvalue weighted by atomic mass is 31.2. The monoisotopic (exact) mass is 780 g/mol. The Balaban J connectivity index is 1.50. The van der Waals surface area contributed by atoms with Crippen LogP contribution in [0.1, 0.15) is 83.7 Å². The smallest absolute Gasteiger partial charge is 0.331 e. The lowest BCUT2D eigenvalue weighted by molar-refractivity contribution is 0.159. The first-order valence-corrected chi connectivity index (χ1v) is 21.4. The quantitative estimate of drug-likeness (QED) is 0.0462. The Kier molecular flexibility index (Phi) is 18.5. The van der Waals surface area contributed by atoms with E-state index in [9.17, 15) is 9.59 Å². The van der Waals surface area contributed by atoms with Crippen LogP contribution in [-0.2, 0) is 35.2 Å². The molecule has 0 aliphatic heterocycles. The second-order valence-corrected chi connectivity index (χ2v) is 14.7. The lowest BCUT2D eigenvalue weighted by Crippen LogP contribution is -2.40. The molecule has 0 aliphatic rings. The molecule has 2 atom stereocenters. The molecule has 4 aromatic rings. The van der Waals surface area contributed by atoms with Gasteiger partial charge in [0.05, 0.1) is 65.9 Å². The third-order valence-electron chi connectivity index (χ3n) is 9.47. The van der Waals surface area contributed by atoms with E-state index in [1.54, 1.807) is 0 Å². The Labute approximate surface area is 333 Å². The zero-order valence-electron chi connectivity index (χ0n) is 33.9. The summed E-state index contributed by atoms with van der Waals surface area (Å²) in [4.78, 5) is 45.7. The third kappa shape index (κ3) is 13.6. The predicted molar refractivity (Wildman–Crippen MR) is 224 cm³/mol. The van der Waals surface area contributed by atoms with Gasteiger partial charge >= 0.3 is 5.69 Å². The molecule has 0 amide bonds. The van der Waals surface area contributed by atoms with Gasteiger partial charge in [-0.15, -0.1) is 0 Å².